The lowest BCUT2D eigenvalue weighted by Crippen LogP contribution is -2.20. The largest absolute Gasteiger partial charge is 0.390 e. The molecule has 0 fully saturated rings. The van der Waals surface area contributed by atoms with Gasteiger partial charge in [-0.15, -0.1) is 0 Å². The number of hydrogen-bond acceptors (Lipinski definition) is 3. The summed E-state index contributed by atoms with van der Waals surface area (Å²) >= 11 is 0. The molecule has 0 aliphatic carbocycles. The number of aliphatic hydroxyl groups excluding tert-OH is 2. The smallest absolute Gasteiger partial charge is 0.105 e. The summed E-state index contributed by atoms with van der Waals surface area (Å²) in [6.45, 7) is 6.46. The molecule has 0 bridgehead atoms. The third kappa shape index (κ3) is 4.56. The quantitative estimate of drug-likeness (QED) is 0.485. The van der Waals surface area contributed by atoms with Gasteiger partial charge in [-0.3, -0.25) is 0 Å². The molecule has 2 N–H and O–H groups in total. The zero-order valence-corrected chi connectivity index (χ0v) is 11.6. The number of benzene rings is 1. The summed E-state index contributed by atoms with van der Waals surface area (Å²) in [6.07, 6.45) is -1.65. The molecule has 0 aromatic heterocycles. The van der Waals surface area contributed by atoms with Crippen molar-refractivity contribution in [3.8, 4) is 0 Å². The fourth-order valence-electron chi connectivity index (χ4n) is 1.80. The standard InChI is InChI=1S/C14H21N3O2/c1-14(2,3)11-6-4-5-10(9-11)13(19)12(18)7-8-16-17-15/h4-6,9,12-13,18-19H,7-8H2,1-3H3. The molecule has 0 radical (unpaired) electrons. The van der Waals surface area contributed by atoms with Gasteiger partial charge in [0.2, 0.25) is 0 Å². The van der Waals surface area contributed by atoms with Crippen LogP contribution in [0, 0.1) is 0 Å². The second kappa shape index (κ2) is 6.57. The van der Waals surface area contributed by atoms with E-state index in [2.05, 4.69) is 30.8 Å². The van der Waals surface area contributed by atoms with E-state index in [1.165, 1.54) is 0 Å². The van der Waals surface area contributed by atoms with Gasteiger partial charge in [0.25, 0.3) is 0 Å². The predicted molar refractivity (Wildman–Crippen MR) is 74.7 cm³/mol. The molecule has 5 nitrogen and oxygen atoms in total. The third-order valence-electron chi connectivity index (χ3n) is 3.05. The van der Waals surface area contributed by atoms with E-state index in [1.807, 2.05) is 18.2 Å². The lowest BCUT2D eigenvalue weighted by Gasteiger charge is -2.22. The van der Waals surface area contributed by atoms with Crippen molar-refractivity contribution in [2.45, 2.75) is 44.8 Å². The van der Waals surface area contributed by atoms with Crippen molar-refractivity contribution < 1.29 is 10.2 Å². The Kier molecular flexibility index (Phi) is 5.36. The monoisotopic (exact) mass is 263 g/mol. The topological polar surface area (TPSA) is 89.2 Å². The fourth-order valence-corrected chi connectivity index (χ4v) is 1.80. The molecule has 0 saturated heterocycles. The molecule has 19 heavy (non-hydrogen) atoms. The van der Waals surface area contributed by atoms with Gasteiger partial charge in [-0.05, 0) is 28.5 Å². The van der Waals surface area contributed by atoms with E-state index in [-0.39, 0.29) is 18.4 Å². The number of hydrogen-bond donors (Lipinski definition) is 2. The lowest BCUT2D eigenvalue weighted by molar-refractivity contribution is 0.0149. The number of aliphatic hydroxyl groups is 2. The van der Waals surface area contributed by atoms with E-state index in [0.29, 0.717) is 5.56 Å². The molecule has 0 aliphatic rings. The first-order valence-corrected chi connectivity index (χ1v) is 6.33. The van der Waals surface area contributed by atoms with Gasteiger partial charge in [0, 0.05) is 11.5 Å². The number of azide groups is 1. The predicted octanol–water partition coefficient (Wildman–Crippen LogP) is 3.08. The van der Waals surface area contributed by atoms with Crippen LogP contribution in [0.5, 0.6) is 0 Å². The van der Waals surface area contributed by atoms with Crippen LogP contribution in [0.25, 0.3) is 10.4 Å². The molecule has 0 heterocycles. The molecule has 0 spiro atoms. The zero-order valence-electron chi connectivity index (χ0n) is 11.6. The van der Waals surface area contributed by atoms with Crippen LogP contribution in [0.15, 0.2) is 29.4 Å². The molecule has 104 valence electrons. The van der Waals surface area contributed by atoms with Crippen molar-refractivity contribution in [2.24, 2.45) is 5.11 Å². The summed E-state index contributed by atoms with van der Waals surface area (Å²) in [7, 11) is 0. The van der Waals surface area contributed by atoms with Crippen LogP contribution in [0.2, 0.25) is 0 Å². The first-order chi connectivity index (χ1) is 8.86. The second-order valence-corrected chi connectivity index (χ2v) is 5.63. The first kappa shape index (κ1) is 15.5. The Labute approximate surface area is 113 Å². The number of rotatable bonds is 5. The molecule has 0 saturated carbocycles. The molecule has 1 aromatic rings. The van der Waals surface area contributed by atoms with E-state index >= 15 is 0 Å². The van der Waals surface area contributed by atoms with Gasteiger partial charge < -0.3 is 10.2 Å². The molecule has 1 aromatic carbocycles. The van der Waals surface area contributed by atoms with Crippen LogP contribution in [0.1, 0.15) is 44.4 Å². The molecule has 2 atom stereocenters. The summed E-state index contributed by atoms with van der Waals surface area (Å²) in [4.78, 5) is 2.62. The summed E-state index contributed by atoms with van der Waals surface area (Å²) in [5, 5.41) is 23.3. The van der Waals surface area contributed by atoms with Gasteiger partial charge in [-0.25, -0.2) is 0 Å². The maximum atomic E-state index is 10.1. The summed E-state index contributed by atoms with van der Waals surface area (Å²) < 4.78 is 0. The molecular weight excluding hydrogens is 242 g/mol. The Morgan fingerprint density at radius 3 is 2.58 bits per heavy atom. The minimum absolute atomic E-state index is 0.00815. The van der Waals surface area contributed by atoms with E-state index in [4.69, 9.17) is 5.53 Å². The molecule has 0 aliphatic heterocycles. The normalized spacial score (nSPS) is 14.6. The van der Waals surface area contributed by atoms with Crippen molar-refractivity contribution in [2.75, 3.05) is 6.54 Å². The molecule has 0 amide bonds. The van der Waals surface area contributed by atoms with Crippen LogP contribution < -0.4 is 0 Å². The van der Waals surface area contributed by atoms with Gasteiger partial charge in [0.1, 0.15) is 6.10 Å². The van der Waals surface area contributed by atoms with Crippen molar-refractivity contribution in [3.63, 3.8) is 0 Å². The van der Waals surface area contributed by atoms with Crippen molar-refractivity contribution >= 4 is 0 Å². The average molecular weight is 263 g/mol. The molecular formula is C14H21N3O2. The highest BCUT2D eigenvalue weighted by Crippen LogP contribution is 2.26. The van der Waals surface area contributed by atoms with E-state index < -0.39 is 12.2 Å². The van der Waals surface area contributed by atoms with Gasteiger partial charge in [0.05, 0.1) is 6.10 Å². The Hall–Kier alpha value is -1.55. The van der Waals surface area contributed by atoms with Crippen LogP contribution >= 0.6 is 0 Å². The van der Waals surface area contributed by atoms with Crippen molar-refractivity contribution in [3.05, 3.63) is 45.8 Å². The van der Waals surface area contributed by atoms with Crippen LogP contribution in [-0.2, 0) is 5.41 Å². The molecule has 2 unspecified atom stereocenters. The zero-order chi connectivity index (χ0) is 14.5. The fraction of sp³-hybridized carbons (Fsp3) is 0.571. The minimum Gasteiger partial charge on any atom is -0.390 e. The first-order valence-electron chi connectivity index (χ1n) is 6.33. The second-order valence-electron chi connectivity index (χ2n) is 5.63. The highest BCUT2D eigenvalue weighted by molar-refractivity contribution is 5.30. The van der Waals surface area contributed by atoms with Crippen molar-refractivity contribution in [1.82, 2.24) is 0 Å². The Balaban J connectivity index is 2.81. The Bertz CT molecular complexity index is 462. The Morgan fingerprint density at radius 2 is 2.00 bits per heavy atom. The van der Waals surface area contributed by atoms with E-state index in [0.717, 1.165) is 5.56 Å². The van der Waals surface area contributed by atoms with Gasteiger partial charge in [-0.2, -0.15) is 0 Å². The summed E-state index contributed by atoms with van der Waals surface area (Å²) in [5.74, 6) is 0. The summed E-state index contributed by atoms with van der Waals surface area (Å²) in [5.41, 5.74) is 9.95. The van der Waals surface area contributed by atoms with Gasteiger partial charge in [0.15, 0.2) is 0 Å². The maximum Gasteiger partial charge on any atom is 0.105 e. The highest BCUT2D eigenvalue weighted by Gasteiger charge is 2.20. The van der Waals surface area contributed by atoms with Gasteiger partial charge in [-0.1, -0.05) is 50.2 Å². The lowest BCUT2D eigenvalue weighted by atomic mass is 9.85. The van der Waals surface area contributed by atoms with Crippen LogP contribution in [0.3, 0.4) is 0 Å². The number of nitrogens with zero attached hydrogens (tertiary/aromatic N) is 3. The maximum absolute atomic E-state index is 10.1. The SMILES string of the molecule is CC(C)(C)c1cccc(C(O)C(O)CCN=[N+]=[N-])c1. The molecule has 1 rings (SSSR count). The Morgan fingerprint density at radius 1 is 1.32 bits per heavy atom. The average Bonchev–Trinajstić information content (AvgIpc) is 2.37. The summed E-state index contributed by atoms with van der Waals surface area (Å²) in [6, 6.07) is 7.57. The molecule has 5 heteroatoms. The van der Waals surface area contributed by atoms with E-state index in [9.17, 15) is 10.2 Å². The third-order valence-corrected chi connectivity index (χ3v) is 3.05. The minimum atomic E-state index is -0.962. The van der Waals surface area contributed by atoms with Crippen molar-refractivity contribution in [1.29, 1.82) is 0 Å². The van der Waals surface area contributed by atoms with E-state index in [1.54, 1.807) is 6.07 Å². The van der Waals surface area contributed by atoms with Gasteiger partial charge >= 0.3 is 0 Å². The van der Waals surface area contributed by atoms with Crippen LogP contribution in [-0.4, -0.2) is 22.9 Å². The van der Waals surface area contributed by atoms with Crippen LogP contribution in [0.4, 0.5) is 0 Å². The highest BCUT2D eigenvalue weighted by atomic mass is 16.3.